The zero-order valence-electron chi connectivity index (χ0n) is 13.0. The van der Waals surface area contributed by atoms with Crippen LogP contribution in [0.2, 0.25) is 0 Å². The third-order valence-corrected chi connectivity index (χ3v) is 3.20. The van der Waals surface area contributed by atoms with E-state index in [0.29, 0.717) is 19.6 Å². The van der Waals surface area contributed by atoms with Gasteiger partial charge in [-0.15, -0.1) is 0 Å². The number of phenols is 1. The van der Waals surface area contributed by atoms with Crippen LogP contribution in [0.4, 0.5) is 0 Å². The number of hydrogen-bond donors (Lipinski definition) is 1. The zero-order valence-corrected chi connectivity index (χ0v) is 13.0. The highest BCUT2D eigenvalue weighted by molar-refractivity contribution is 5.75. The summed E-state index contributed by atoms with van der Waals surface area (Å²) in [5.41, 5.74) is 0.863. The van der Waals surface area contributed by atoms with Crippen molar-refractivity contribution in [2.24, 2.45) is 0 Å². The highest BCUT2D eigenvalue weighted by atomic mass is 16.6. The second kappa shape index (κ2) is 10.2. The lowest BCUT2D eigenvalue weighted by molar-refractivity contribution is -0.156. The monoisotopic (exact) mass is 294 g/mol. The predicted octanol–water partition coefficient (Wildman–Crippen LogP) is 3.46. The Bertz CT molecular complexity index is 417. The molecule has 0 aliphatic rings. The number of hydrogen-bond acceptors (Lipinski definition) is 4. The van der Waals surface area contributed by atoms with Gasteiger partial charge in [0.05, 0.1) is 6.61 Å². The van der Waals surface area contributed by atoms with Crippen LogP contribution in [0.1, 0.15) is 45.1 Å². The maximum absolute atomic E-state index is 11.9. The summed E-state index contributed by atoms with van der Waals surface area (Å²) >= 11 is 0. The largest absolute Gasteiger partial charge is 0.508 e. The Hall–Kier alpha value is -1.55. The molecule has 0 aliphatic carbocycles. The minimum Gasteiger partial charge on any atom is -0.508 e. The van der Waals surface area contributed by atoms with Crippen molar-refractivity contribution in [3.05, 3.63) is 29.8 Å². The van der Waals surface area contributed by atoms with Crippen LogP contribution in [-0.2, 0) is 20.7 Å². The van der Waals surface area contributed by atoms with E-state index < -0.39 is 6.10 Å². The fourth-order valence-electron chi connectivity index (χ4n) is 2.10. The molecule has 0 aliphatic heterocycles. The molecule has 1 aromatic rings. The molecule has 4 nitrogen and oxygen atoms in total. The number of unbranched alkanes of at least 4 members (excludes halogenated alkanes) is 3. The van der Waals surface area contributed by atoms with Crippen LogP contribution in [0.25, 0.3) is 0 Å². The van der Waals surface area contributed by atoms with Crippen molar-refractivity contribution < 1.29 is 19.4 Å². The average Bonchev–Trinajstić information content (AvgIpc) is 2.46. The molecule has 0 spiro atoms. The maximum atomic E-state index is 11.9. The molecule has 1 N–H and O–H groups in total. The Morgan fingerprint density at radius 3 is 2.71 bits per heavy atom. The van der Waals surface area contributed by atoms with Crippen LogP contribution < -0.4 is 0 Å². The molecule has 1 rings (SSSR count). The van der Waals surface area contributed by atoms with Crippen LogP contribution in [0.15, 0.2) is 24.3 Å². The van der Waals surface area contributed by atoms with Gasteiger partial charge in [0.25, 0.3) is 0 Å². The van der Waals surface area contributed by atoms with Gasteiger partial charge in [-0.2, -0.15) is 0 Å². The first-order valence-corrected chi connectivity index (χ1v) is 7.73. The summed E-state index contributed by atoms with van der Waals surface area (Å²) in [5, 5.41) is 9.48. The van der Waals surface area contributed by atoms with Gasteiger partial charge in [0.1, 0.15) is 5.75 Å². The second-order valence-corrected chi connectivity index (χ2v) is 5.05. The number of carbonyl (C=O) groups excluding carboxylic acids is 1. The first-order chi connectivity index (χ1) is 10.2. The van der Waals surface area contributed by atoms with E-state index in [2.05, 4.69) is 6.92 Å². The van der Waals surface area contributed by atoms with E-state index in [1.165, 1.54) is 12.8 Å². The molecule has 0 saturated carbocycles. The van der Waals surface area contributed by atoms with E-state index in [4.69, 9.17) is 9.47 Å². The Morgan fingerprint density at radius 1 is 1.24 bits per heavy atom. The Morgan fingerprint density at radius 2 is 2.05 bits per heavy atom. The van der Waals surface area contributed by atoms with Gasteiger partial charge in [0, 0.05) is 13.0 Å². The molecule has 0 fully saturated rings. The third-order valence-electron chi connectivity index (χ3n) is 3.20. The summed E-state index contributed by atoms with van der Waals surface area (Å²) in [4.78, 5) is 11.9. The Labute approximate surface area is 127 Å². The summed E-state index contributed by atoms with van der Waals surface area (Å²) in [5.74, 6) is -0.144. The minimum absolute atomic E-state index is 0.193. The zero-order chi connectivity index (χ0) is 15.5. The summed E-state index contributed by atoms with van der Waals surface area (Å²) in [7, 11) is 0. The van der Waals surface area contributed by atoms with Crippen molar-refractivity contribution in [2.45, 2.75) is 52.1 Å². The van der Waals surface area contributed by atoms with Gasteiger partial charge in [-0.05, 0) is 31.0 Å². The first kappa shape index (κ1) is 17.5. The van der Waals surface area contributed by atoms with Crippen molar-refractivity contribution in [3.63, 3.8) is 0 Å². The van der Waals surface area contributed by atoms with E-state index in [1.807, 2.05) is 6.07 Å². The highest BCUT2D eigenvalue weighted by Crippen LogP contribution is 2.15. The van der Waals surface area contributed by atoms with Crippen LogP contribution in [-0.4, -0.2) is 30.4 Å². The van der Waals surface area contributed by atoms with Crippen molar-refractivity contribution in [1.82, 2.24) is 0 Å². The summed E-state index contributed by atoms with van der Waals surface area (Å²) in [6.45, 7) is 4.84. The van der Waals surface area contributed by atoms with Crippen LogP contribution in [0, 0.1) is 0 Å². The van der Waals surface area contributed by atoms with Crippen molar-refractivity contribution in [1.29, 1.82) is 0 Å². The predicted molar refractivity (Wildman–Crippen MR) is 82.3 cm³/mol. The molecule has 118 valence electrons. The van der Waals surface area contributed by atoms with Crippen LogP contribution in [0.5, 0.6) is 5.75 Å². The third kappa shape index (κ3) is 7.14. The van der Waals surface area contributed by atoms with E-state index in [0.717, 1.165) is 18.4 Å². The normalized spacial score (nSPS) is 12.1. The molecule has 1 atom stereocenters. The number of aromatic hydroxyl groups is 1. The van der Waals surface area contributed by atoms with Crippen molar-refractivity contribution >= 4 is 5.97 Å². The SMILES string of the molecule is CCCCCCOC(Cc1cccc(O)c1)C(=O)OCC. The molecule has 0 bridgehead atoms. The number of rotatable bonds is 10. The van der Waals surface area contributed by atoms with Gasteiger partial charge >= 0.3 is 5.97 Å². The van der Waals surface area contributed by atoms with Crippen molar-refractivity contribution in [2.75, 3.05) is 13.2 Å². The van der Waals surface area contributed by atoms with Gasteiger partial charge in [0.15, 0.2) is 6.10 Å². The van der Waals surface area contributed by atoms with Crippen LogP contribution in [0.3, 0.4) is 0 Å². The molecule has 0 amide bonds. The first-order valence-electron chi connectivity index (χ1n) is 7.73. The summed E-state index contributed by atoms with van der Waals surface area (Å²) < 4.78 is 10.7. The second-order valence-electron chi connectivity index (χ2n) is 5.05. The lowest BCUT2D eigenvalue weighted by Gasteiger charge is -2.16. The smallest absolute Gasteiger partial charge is 0.335 e. The standard InChI is InChI=1S/C17H26O4/c1-3-5-6-7-11-21-16(17(19)20-4-2)13-14-9-8-10-15(18)12-14/h8-10,12,16,18H,3-7,11,13H2,1-2H3. The Balaban J connectivity index is 2.53. The number of benzene rings is 1. The molecule has 0 radical (unpaired) electrons. The maximum Gasteiger partial charge on any atom is 0.335 e. The van der Waals surface area contributed by atoms with Gasteiger partial charge in [-0.1, -0.05) is 38.3 Å². The molecule has 21 heavy (non-hydrogen) atoms. The minimum atomic E-state index is -0.603. The van der Waals surface area contributed by atoms with Gasteiger partial charge in [-0.3, -0.25) is 0 Å². The van der Waals surface area contributed by atoms with E-state index in [9.17, 15) is 9.90 Å². The number of phenolic OH excluding ortho intramolecular Hbond substituents is 1. The van der Waals surface area contributed by atoms with Gasteiger partial charge in [-0.25, -0.2) is 4.79 Å². The number of esters is 1. The molecule has 0 heterocycles. The average molecular weight is 294 g/mol. The van der Waals surface area contributed by atoms with Gasteiger partial charge < -0.3 is 14.6 Å². The van der Waals surface area contributed by atoms with E-state index in [1.54, 1.807) is 25.1 Å². The molecule has 0 saturated heterocycles. The molecular formula is C17H26O4. The van der Waals surface area contributed by atoms with E-state index >= 15 is 0 Å². The van der Waals surface area contributed by atoms with Crippen LogP contribution >= 0.6 is 0 Å². The quantitative estimate of drug-likeness (QED) is 0.530. The van der Waals surface area contributed by atoms with E-state index in [-0.39, 0.29) is 11.7 Å². The summed E-state index contributed by atoms with van der Waals surface area (Å²) in [6, 6.07) is 6.88. The molecule has 1 aromatic carbocycles. The van der Waals surface area contributed by atoms with Crippen molar-refractivity contribution in [3.8, 4) is 5.75 Å². The summed E-state index contributed by atoms with van der Waals surface area (Å²) in [6.07, 6.45) is 4.22. The lowest BCUT2D eigenvalue weighted by Crippen LogP contribution is -2.29. The number of ether oxygens (including phenoxy) is 2. The molecular weight excluding hydrogens is 268 g/mol. The fraction of sp³-hybridized carbons (Fsp3) is 0.588. The molecule has 0 aromatic heterocycles. The fourth-order valence-corrected chi connectivity index (χ4v) is 2.10. The molecule has 4 heteroatoms. The number of carbonyl (C=O) groups is 1. The lowest BCUT2D eigenvalue weighted by atomic mass is 10.1. The topological polar surface area (TPSA) is 55.8 Å². The Kier molecular flexibility index (Phi) is 8.51. The van der Waals surface area contributed by atoms with Gasteiger partial charge in [0.2, 0.25) is 0 Å². The highest BCUT2D eigenvalue weighted by Gasteiger charge is 2.21. The molecule has 1 unspecified atom stereocenters.